The maximum absolute atomic E-state index is 12.7. The maximum atomic E-state index is 12.7. The van der Waals surface area contributed by atoms with Crippen molar-refractivity contribution in [2.75, 3.05) is 6.54 Å². The Morgan fingerprint density at radius 2 is 1.53 bits per heavy atom. The summed E-state index contributed by atoms with van der Waals surface area (Å²) in [6.45, 7) is -0.937. The molecule has 2 N–H and O–H groups in total. The fraction of sp³-hybridized carbons (Fsp3) is 0.333. The van der Waals surface area contributed by atoms with E-state index in [1.807, 2.05) is 0 Å². The second kappa shape index (κ2) is 4.14. The first-order chi connectivity index (χ1) is 6.85. The minimum Gasteiger partial charge on any atom is -0.325 e. The second-order valence-electron chi connectivity index (χ2n) is 3.11. The molecule has 1 aromatic rings. The lowest BCUT2D eigenvalue weighted by Gasteiger charge is -2.13. The largest absolute Gasteiger partial charge is 0.325 e. The fourth-order valence-corrected chi connectivity index (χ4v) is 1.08. The monoisotopic (exact) mass is 225 g/mol. The predicted molar refractivity (Wildman–Crippen MR) is 44.0 cm³/mol. The van der Waals surface area contributed by atoms with Crippen LogP contribution in [0.5, 0.6) is 0 Å². The van der Waals surface area contributed by atoms with Crippen molar-refractivity contribution in [2.45, 2.75) is 12.3 Å². The van der Waals surface area contributed by atoms with Crippen LogP contribution >= 0.6 is 0 Å². The normalized spacial score (nSPS) is 11.9. The summed E-state index contributed by atoms with van der Waals surface area (Å²) in [4.78, 5) is 0. The van der Waals surface area contributed by atoms with Crippen LogP contribution in [0.25, 0.3) is 0 Å². The van der Waals surface area contributed by atoms with Crippen LogP contribution < -0.4 is 5.73 Å². The Morgan fingerprint density at radius 3 is 1.93 bits per heavy atom. The van der Waals surface area contributed by atoms with E-state index in [2.05, 4.69) is 0 Å². The highest BCUT2D eigenvalue weighted by Gasteiger charge is 2.28. The molecule has 0 aliphatic heterocycles. The molecule has 0 radical (unpaired) electrons. The van der Waals surface area contributed by atoms with Gasteiger partial charge in [0.25, 0.3) is 5.92 Å². The number of hydrogen-bond acceptors (Lipinski definition) is 1. The van der Waals surface area contributed by atoms with E-state index in [0.717, 1.165) is 0 Å². The van der Waals surface area contributed by atoms with Gasteiger partial charge in [-0.3, -0.25) is 0 Å². The van der Waals surface area contributed by atoms with Gasteiger partial charge < -0.3 is 5.73 Å². The highest BCUT2D eigenvalue weighted by atomic mass is 19.3. The van der Waals surface area contributed by atoms with Crippen LogP contribution in [0.2, 0.25) is 0 Å². The van der Waals surface area contributed by atoms with Gasteiger partial charge in [-0.15, -0.1) is 0 Å². The minimum atomic E-state index is -3.25. The highest BCUT2D eigenvalue weighted by molar-refractivity contribution is 5.20. The third kappa shape index (κ3) is 2.89. The number of halogens is 5. The summed E-state index contributed by atoms with van der Waals surface area (Å²) in [6, 6.07) is 1.06. The zero-order valence-corrected chi connectivity index (χ0v) is 7.54. The van der Waals surface area contributed by atoms with E-state index < -0.39 is 36.3 Å². The average molecular weight is 225 g/mol. The molecule has 0 atom stereocenters. The lowest BCUT2D eigenvalue weighted by molar-refractivity contribution is 0.0113. The van der Waals surface area contributed by atoms with Crippen molar-refractivity contribution in [1.29, 1.82) is 0 Å². The van der Waals surface area contributed by atoms with Gasteiger partial charge in [-0.1, -0.05) is 0 Å². The van der Waals surface area contributed by atoms with Gasteiger partial charge in [0.2, 0.25) is 0 Å². The Kier molecular flexibility index (Phi) is 3.28. The Balaban J connectivity index is 2.98. The van der Waals surface area contributed by atoms with Crippen LogP contribution in [0.1, 0.15) is 5.56 Å². The summed E-state index contributed by atoms with van der Waals surface area (Å²) < 4.78 is 63.2. The molecule has 84 valence electrons. The van der Waals surface area contributed by atoms with Crippen molar-refractivity contribution in [1.82, 2.24) is 0 Å². The van der Waals surface area contributed by atoms with E-state index in [1.54, 1.807) is 0 Å². The lowest BCUT2D eigenvalue weighted by atomic mass is 10.1. The third-order valence-corrected chi connectivity index (χ3v) is 1.80. The summed E-state index contributed by atoms with van der Waals surface area (Å²) in [7, 11) is 0. The molecule has 0 spiro atoms. The number of alkyl halides is 2. The van der Waals surface area contributed by atoms with Gasteiger partial charge in [-0.05, 0) is 17.7 Å². The maximum Gasteiger partial charge on any atom is 0.264 e. The molecule has 0 aliphatic rings. The van der Waals surface area contributed by atoms with Gasteiger partial charge >= 0.3 is 0 Å². The van der Waals surface area contributed by atoms with E-state index in [0.29, 0.717) is 12.1 Å². The van der Waals surface area contributed by atoms with Crippen LogP contribution in [-0.4, -0.2) is 12.5 Å². The molecule has 0 amide bonds. The van der Waals surface area contributed by atoms with E-state index in [-0.39, 0.29) is 5.56 Å². The van der Waals surface area contributed by atoms with Gasteiger partial charge in [0.1, 0.15) is 0 Å². The van der Waals surface area contributed by atoms with E-state index in [4.69, 9.17) is 5.73 Å². The summed E-state index contributed by atoms with van der Waals surface area (Å²) in [6.07, 6.45) is -0.919. The highest BCUT2D eigenvalue weighted by Crippen LogP contribution is 2.21. The van der Waals surface area contributed by atoms with Crippen molar-refractivity contribution in [2.24, 2.45) is 5.73 Å². The molecule has 0 aromatic heterocycles. The molecule has 0 bridgehead atoms. The predicted octanol–water partition coefficient (Wildman–Crippen LogP) is 2.24. The third-order valence-electron chi connectivity index (χ3n) is 1.80. The fourth-order valence-electron chi connectivity index (χ4n) is 1.08. The zero-order valence-electron chi connectivity index (χ0n) is 7.54. The van der Waals surface area contributed by atoms with Crippen molar-refractivity contribution in [3.63, 3.8) is 0 Å². The molecule has 1 rings (SSSR count). The number of hydrogen-bond donors (Lipinski definition) is 1. The van der Waals surface area contributed by atoms with Crippen molar-refractivity contribution in [3.05, 3.63) is 35.1 Å². The first-order valence-electron chi connectivity index (χ1n) is 4.07. The molecule has 0 aliphatic carbocycles. The summed E-state index contributed by atoms with van der Waals surface area (Å²) in [5, 5.41) is 0. The first kappa shape index (κ1) is 11.9. The Bertz CT molecular complexity index is 341. The Hall–Kier alpha value is -1.17. The molecule has 0 heterocycles. The van der Waals surface area contributed by atoms with E-state index in [1.165, 1.54) is 0 Å². The topological polar surface area (TPSA) is 26.0 Å². The SMILES string of the molecule is NCC(F)(F)Cc1cc(F)c(F)c(F)c1. The molecule has 15 heavy (non-hydrogen) atoms. The summed E-state index contributed by atoms with van der Waals surface area (Å²) in [5.74, 6) is -7.90. The van der Waals surface area contributed by atoms with E-state index in [9.17, 15) is 22.0 Å². The van der Waals surface area contributed by atoms with Crippen molar-refractivity contribution < 1.29 is 22.0 Å². The Labute approximate surface area is 82.7 Å². The van der Waals surface area contributed by atoms with Gasteiger partial charge in [-0.25, -0.2) is 22.0 Å². The molecule has 0 saturated carbocycles. The standard InChI is InChI=1S/C9H8F5N/c10-6-1-5(2-7(11)8(6)12)3-9(13,14)4-15/h1-2H,3-4,15H2. The van der Waals surface area contributed by atoms with Gasteiger partial charge in [0.05, 0.1) is 6.54 Å². The minimum absolute atomic E-state index is 0.332. The van der Waals surface area contributed by atoms with Crippen LogP contribution in [0, 0.1) is 17.5 Å². The van der Waals surface area contributed by atoms with Crippen molar-refractivity contribution in [3.8, 4) is 0 Å². The molecular weight excluding hydrogens is 217 g/mol. The Morgan fingerprint density at radius 1 is 1.07 bits per heavy atom. The molecular formula is C9H8F5N. The second-order valence-corrected chi connectivity index (χ2v) is 3.11. The lowest BCUT2D eigenvalue weighted by Crippen LogP contribution is -2.30. The smallest absolute Gasteiger partial charge is 0.264 e. The van der Waals surface area contributed by atoms with Crippen LogP contribution in [0.4, 0.5) is 22.0 Å². The van der Waals surface area contributed by atoms with Crippen molar-refractivity contribution >= 4 is 0 Å². The zero-order chi connectivity index (χ0) is 11.6. The molecule has 1 aromatic carbocycles. The van der Waals surface area contributed by atoms with Gasteiger partial charge in [-0.2, -0.15) is 0 Å². The number of rotatable bonds is 3. The van der Waals surface area contributed by atoms with Crippen LogP contribution in [0.3, 0.4) is 0 Å². The number of benzene rings is 1. The molecule has 6 heteroatoms. The molecule has 0 fully saturated rings. The quantitative estimate of drug-likeness (QED) is 0.619. The van der Waals surface area contributed by atoms with Crippen LogP contribution in [0.15, 0.2) is 12.1 Å². The average Bonchev–Trinajstić information content (AvgIpc) is 2.13. The summed E-state index contributed by atoms with van der Waals surface area (Å²) in [5.41, 5.74) is 4.42. The van der Waals surface area contributed by atoms with Gasteiger partial charge in [0.15, 0.2) is 17.5 Å². The molecule has 1 nitrogen and oxygen atoms in total. The first-order valence-corrected chi connectivity index (χ1v) is 4.07. The molecule has 0 saturated heterocycles. The summed E-state index contributed by atoms with van der Waals surface area (Å²) >= 11 is 0. The number of nitrogens with two attached hydrogens (primary N) is 1. The molecule has 0 unspecified atom stereocenters. The van der Waals surface area contributed by atoms with E-state index >= 15 is 0 Å². The van der Waals surface area contributed by atoms with Crippen LogP contribution in [-0.2, 0) is 6.42 Å². The van der Waals surface area contributed by atoms with Gasteiger partial charge in [0, 0.05) is 6.42 Å².